The van der Waals surface area contributed by atoms with E-state index in [9.17, 15) is 14.4 Å². The van der Waals surface area contributed by atoms with Crippen LogP contribution >= 0.6 is 15.9 Å². The second-order valence-corrected chi connectivity index (χ2v) is 9.48. The second kappa shape index (κ2) is 10.1. The van der Waals surface area contributed by atoms with E-state index in [1.807, 2.05) is 35.2 Å². The Morgan fingerprint density at radius 2 is 1.79 bits per heavy atom. The fraction of sp³-hybridized carbons (Fsp3) is 0.522. The maximum Gasteiger partial charge on any atom is 0.409 e. The zero-order valence-corrected chi connectivity index (χ0v) is 20.2. The molecule has 178 valence electrons. The fourth-order valence-electron chi connectivity index (χ4n) is 4.38. The number of likely N-dealkylation sites (tertiary alicyclic amines) is 2. The molecule has 3 amide bonds. The third-order valence-electron chi connectivity index (χ3n) is 6.36. The molecule has 1 spiro atoms. The van der Waals surface area contributed by atoms with Crippen LogP contribution in [0.15, 0.2) is 40.5 Å². The average molecular weight is 521 g/mol. The van der Waals surface area contributed by atoms with Gasteiger partial charge in [0.25, 0.3) is 11.8 Å². The maximum absolute atomic E-state index is 12.8. The molecule has 3 aliphatic heterocycles. The van der Waals surface area contributed by atoms with Crippen LogP contribution in [0.2, 0.25) is 0 Å². The SMILES string of the molecule is CCOC(=O)N1CCC(NC(=O)C2=CC3(CCN(C(=O)c4ccc(Br)cc4)CC3)ON2)CC1. The van der Waals surface area contributed by atoms with Crippen LogP contribution in [-0.4, -0.2) is 72.1 Å². The van der Waals surface area contributed by atoms with Gasteiger partial charge < -0.3 is 19.9 Å². The number of nitrogens with one attached hydrogen (secondary N) is 2. The number of halogens is 1. The van der Waals surface area contributed by atoms with Gasteiger partial charge in [0.2, 0.25) is 0 Å². The molecule has 1 aromatic rings. The monoisotopic (exact) mass is 520 g/mol. The molecule has 0 aromatic heterocycles. The maximum atomic E-state index is 12.8. The summed E-state index contributed by atoms with van der Waals surface area (Å²) in [5.74, 6) is -0.214. The first-order chi connectivity index (χ1) is 15.9. The number of carbonyl (C=O) groups excluding carboxylic acids is 3. The molecular formula is C23H29BrN4O5. The Labute approximate surface area is 201 Å². The lowest BCUT2D eigenvalue weighted by Gasteiger charge is -2.36. The number of hydrogen-bond donors (Lipinski definition) is 2. The molecule has 4 rings (SSSR count). The van der Waals surface area contributed by atoms with E-state index >= 15 is 0 Å². The third-order valence-corrected chi connectivity index (χ3v) is 6.89. The molecule has 9 nitrogen and oxygen atoms in total. The standard InChI is InChI=1S/C23H29BrN4O5/c1-2-32-22(31)28-11-7-18(8-12-28)25-20(29)19-15-23(33-26-19)9-13-27(14-10-23)21(30)16-3-5-17(24)6-4-16/h3-6,15,18,26H,2,7-14H2,1H3,(H,25,29). The molecule has 0 aliphatic carbocycles. The molecule has 0 saturated carbocycles. The molecule has 3 heterocycles. The largest absolute Gasteiger partial charge is 0.450 e. The Morgan fingerprint density at radius 3 is 2.42 bits per heavy atom. The highest BCUT2D eigenvalue weighted by Crippen LogP contribution is 2.32. The fourth-order valence-corrected chi connectivity index (χ4v) is 4.65. The van der Waals surface area contributed by atoms with Crippen LogP contribution in [0.4, 0.5) is 4.79 Å². The van der Waals surface area contributed by atoms with Gasteiger partial charge in [-0.15, -0.1) is 0 Å². The Kier molecular flexibility index (Phi) is 7.23. The Hall–Kier alpha value is -2.59. The van der Waals surface area contributed by atoms with Crippen molar-refractivity contribution in [2.75, 3.05) is 32.8 Å². The Balaban J connectivity index is 1.27. The van der Waals surface area contributed by atoms with Crippen molar-refractivity contribution in [3.63, 3.8) is 0 Å². The normalized spacial score (nSPS) is 20.2. The zero-order chi connectivity index (χ0) is 23.4. The van der Waals surface area contributed by atoms with Gasteiger partial charge in [0.1, 0.15) is 11.3 Å². The van der Waals surface area contributed by atoms with Crippen molar-refractivity contribution in [1.82, 2.24) is 20.6 Å². The van der Waals surface area contributed by atoms with E-state index in [0.717, 1.165) is 4.47 Å². The van der Waals surface area contributed by atoms with Crippen LogP contribution in [0.5, 0.6) is 0 Å². The van der Waals surface area contributed by atoms with Crippen molar-refractivity contribution in [3.8, 4) is 0 Å². The predicted octanol–water partition coefficient (Wildman–Crippen LogP) is 2.58. The van der Waals surface area contributed by atoms with Crippen LogP contribution in [-0.2, 0) is 14.4 Å². The number of ether oxygens (including phenoxy) is 1. The topological polar surface area (TPSA) is 100 Å². The summed E-state index contributed by atoms with van der Waals surface area (Å²) in [5.41, 5.74) is 3.26. The Morgan fingerprint density at radius 1 is 1.12 bits per heavy atom. The minimum absolute atomic E-state index is 0.000544. The highest BCUT2D eigenvalue weighted by atomic mass is 79.9. The van der Waals surface area contributed by atoms with Gasteiger partial charge in [-0.25, -0.2) is 4.79 Å². The molecule has 2 fully saturated rings. The summed E-state index contributed by atoms with van der Waals surface area (Å²) in [7, 11) is 0. The predicted molar refractivity (Wildman–Crippen MR) is 124 cm³/mol. The molecule has 10 heteroatoms. The van der Waals surface area contributed by atoms with E-state index in [2.05, 4.69) is 26.7 Å². The number of nitrogens with zero attached hydrogens (tertiary/aromatic N) is 2. The van der Waals surface area contributed by atoms with E-state index in [-0.39, 0.29) is 23.9 Å². The molecular weight excluding hydrogens is 492 g/mol. The summed E-state index contributed by atoms with van der Waals surface area (Å²) in [6, 6.07) is 7.33. The summed E-state index contributed by atoms with van der Waals surface area (Å²) in [6.45, 7) is 4.35. The highest BCUT2D eigenvalue weighted by Gasteiger charge is 2.41. The van der Waals surface area contributed by atoms with Crippen molar-refractivity contribution in [2.24, 2.45) is 0 Å². The van der Waals surface area contributed by atoms with Gasteiger partial charge >= 0.3 is 6.09 Å². The van der Waals surface area contributed by atoms with Crippen LogP contribution in [0.25, 0.3) is 0 Å². The number of benzene rings is 1. The van der Waals surface area contributed by atoms with Crippen molar-refractivity contribution in [2.45, 2.75) is 44.2 Å². The van der Waals surface area contributed by atoms with Crippen molar-refractivity contribution >= 4 is 33.8 Å². The van der Waals surface area contributed by atoms with E-state index in [1.54, 1.807) is 11.8 Å². The molecule has 33 heavy (non-hydrogen) atoms. The van der Waals surface area contributed by atoms with E-state index in [4.69, 9.17) is 9.57 Å². The molecule has 2 N–H and O–H groups in total. The molecule has 2 saturated heterocycles. The van der Waals surface area contributed by atoms with Crippen LogP contribution in [0.1, 0.15) is 43.0 Å². The van der Waals surface area contributed by atoms with Gasteiger partial charge in [0.05, 0.1) is 6.61 Å². The smallest absolute Gasteiger partial charge is 0.409 e. The van der Waals surface area contributed by atoms with Gasteiger partial charge in [-0.1, -0.05) is 15.9 Å². The van der Waals surface area contributed by atoms with Crippen LogP contribution < -0.4 is 10.8 Å². The lowest BCUT2D eigenvalue weighted by atomic mass is 9.90. The zero-order valence-electron chi connectivity index (χ0n) is 18.6. The summed E-state index contributed by atoms with van der Waals surface area (Å²) in [4.78, 5) is 46.6. The quantitative estimate of drug-likeness (QED) is 0.632. The number of hydrogen-bond acceptors (Lipinski definition) is 6. The van der Waals surface area contributed by atoms with Gasteiger partial charge in [-0.3, -0.25) is 19.9 Å². The average Bonchev–Trinajstić information content (AvgIpc) is 3.24. The first-order valence-corrected chi connectivity index (χ1v) is 12.1. The molecule has 0 unspecified atom stereocenters. The third kappa shape index (κ3) is 5.50. The van der Waals surface area contributed by atoms with Gasteiger partial charge in [-0.2, -0.15) is 0 Å². The summed E-state index contributed by atoms with van der Waals surface area (Å²) in [5, 5.41) is 3.03. The number of hydroxylamine groups is 1. The van der Waals surface area contributed by atoms with Gasteiger partial charge in [0, 0.05) is 55.1 Å². The number of carbonyl (C=O) groups is 3. The summed E-state index contributed by atoms with van der Waals surface area (Å²) in [6.07, 6.45) is 4.11. The first-order valence-electron chi connectivity index (χ1n) is 11.3. The Bertz CT molecular complexity index is 919. The number of rotatable bonds is 4. The second-order valence-electron chi connectivity index (χ2n) is 8.56. The minimum Gasteiger partial charge on any atom is -0.450 e. The van der Waals surface area contributed by atoms with Gasteiger partial charge in [0.15, 0.2) is 0 Å². The molecule has 1 aromatic carbocycles. The first kappa shape index (κ1) is 23.6. The van der Waals surface area contributed by atoms with E-state index < -0.39 is 5.60 Å². The van der Waals surface area contributed by atoms with Crippen molar-refractivity contribution in [3.05, 3.63) is 46.1 Å². The molecule has 0 bridgehead atoms. The van der Waals surface area contributed by atoms with E-state index in [0.29, 0.717) is 69.7 Å². The lowest BCUT2D eigenvalue weighted by molar-refractivity contribution is -0.121. The lowest BCUT2D eigenvalue weighted by Crippen LogP contribution is -2.47. The molecule has 0 atom stereocenters. The van der Waals surface area contributed by atoms with Gasteiger partial charge in [-0.05, 0) is 50.1 Å². The van der Waals surface area contributed by atoms with Crippen LogP contribution in [0.3, 0.4) is 0 Å². The highest BCUT2D eigenvalue weighted by molar-refractivity contribution is 9.10. The number of piperidine rings is 2. The van der Waals surface area contributed by atoms with Crippen molar-refractivity contribution < 1.29 is 24.0 Å². The number of amides is 3. The molecule has 3 aliphatic rings. The van der Waals surface area contributed by atoms with E-state index in [1.165, 1.54) is 0 Å². The summed E-state index contributed by atoms with van der Waals surface area (Å²) >= 11 is 3.39. The van der Waals surface area contributed by atoms with Crippen LogP contribution in [0, 0.1) is 0 Å². The molecule has 0 radical (unpaired) electrons. The van der Waals surface area contributed by atoms with Crippen molar-refractivity contribution in [1.29, 1.82) is 0 Å². The minimum atomic E-state index is -0.587. The summed E-state index contributed by atoms with van der Waals surface area (Å²) < 4.78 is 5.97.